The molecule has 0 aromatic carbocycles. The maximum atomic E-state index is 5.83. The summed E-state index contributed by atoms with van der Waals surface area (Å²) in [5, 5.41) is 0. The average molecular weight is 340 g/mol. The van der Waals surface area contributed by atoms with E-state index in [1.54, 1.807) is 0 Å². The van der Waals surface area contributed by atoms with Crippen molar-refractivity contribution in [2.24, 2.45) is 4.99 Å². The van der Waals surface area contributed by atoms with Crippen LogP contribution < -0.4 is 0 Å². The quantitative estimate of drug-likeness (QED) is 0.781. The van der Waals surface area contributed by atoms with Gasteiger partial charge in [0.15, 0.2) is 0 Å². The highest BCUT2D eigenvalue weighted by Gasteiger charge is 2.17. The second-order valence-corrected chi connectivity index (χ2v) is 5.78. The number of allylic oxidation sites excluding steroid dienone is 2. The molecule has 0 N–H and O–H groups in total. The third-order valence-electron chi connectivity index (χ3n) is 3.43. The van der Waals surface area contributed by atoms with Crippen molar-refractivity contribution < 1.29 is 9.47 Å². The van der Waals surface area contributed by atoms with E-state index in [4.69, 9.17) is 9.47 Å². The van der Waals surface area contributed by atoms with E-state index < -0.39 is 0 Å². The van der Waals surface area contributed by atoms with Crippen LogP contribution >= 0.6 is 15.9 Å². The third-order valence-corrected chi connectivity index (χ3v) is 3.90. The van der Waals surface area contributed by atoms with Crippen LogP contribution in [0, 0.1) is 0 Å². The van der Waals surface area contributed by atoms with Gasteiger partial charge in [-0.1, -0.05) is 0 Å². The minimum Gasteiger partial charge on any atom is -0.493 e. The lowest BCUT2D eigenvalue weighted by atomic mass is 10.3. The summed E-state index contributed by atoms with van der Waals surface area (Å²) in [5.74, 6) is 1.86. The lowest BCUT2D eigenvalue weighted by molar-refractivity contribution is 0.0268. The van der Waals surface area contributed by atoms with Crippen LogP contribution in [0.25, 0.3) is 0 Å². The fourth-order valence-corrected chi connectivity index (χ4v) is 2.69. The van der Waals surface area contributed by atoms with Gasteiger partial charge in [0.05, 0.1) is 26.0 Å². The Labute approximate surface area is 127 Å². The number of amidine groups is 1. The normalized spacial score (nSPS) is 22.9. The molecule has 6 heteroatoms. The van der Waals surface area contributed by atoms with E-state index in [1.807, 2.05) is 24.6 Å². The molecule has 3 rings (SSSR count). The Morgan fingerprint density at radius 3 is 3.00 bits per heavy atom. The van der Waals surface area contributed by atoms with Crippen molar-refractivity contribution in [2.45, 2.75) is 0 Å². The Kier molecular flexibility index (Phi) is 4.54. The number of hydrogen-bond acceptors (Lipinski definition) is 5. The molecule has 0 bridgehead atoms. The van der Waals surface area contributed by atoms with E-state index >= 15 is 0 Å². The smallest absolute Gasteiger partial charge is 0.134 e. The molecule has 0 saturated carbocycles. The minimum absolute atomic E-state index is 0.700. The first kappa shape index (κ1) is 13.9. The average Bonchev–Trinajstić information content (AvgIpc) is 2.48. The predicted octanol–water partition coefficient (Wildman–Crippen LogP) is 1.70. The van der Waals surface area contributed by atoms with E-state index in [1.165, 1.54) is 0 Å². The summed E-state index contributed by atoms with van der Waals surface area (Å²) in [7, 11) is 0. The molecule has 108 valence electrons. The zero-order valence-electron chi connectivity index (χ0n) is 11.3. The standard InChI is InChI=1S/C14H18BrN3O2/c15-12-1-2-14-16-9-13(11-18(14)10-12)20-8-5-17-3-6-19-7-4-17/h1-2,9-10H,3-8,11H2. The van der Waals surface area contributed by atoms with Crippen LogP contribution in [-0.2, 0) is 9.47 Å². The molecule has 3 aliphatic heterocycles. The Hall–Kier alpha value is -1.11. The van der Waals surface area contributed by atoms with Crippen molar-refractivity contribution in [3.63, 3.8) is 0 Å². The summed E-state index contributed by atoms with van der Waals surface area (Å²) >= 11 is 3.47. The van der Waals surface area contributed by atoms with Crippen molar-refractivity contribution >= 4 is 21.8 Å². The van der Waals surface area contributed by atoms with Gasteiger partial charge >= 0.3 is 0 Å². The van der Waals surface area contributed by atoms with E-state index in [2.05, 4.69) is 30.7 Å². The van der Waals surface area contributed by atoms with E-state index in [0.29, 0.717) is 6.61 Å². The summed E-state index contributed by atoms with van der Waals surface area (Å²) in [6, 6.07) is 0. The van der Waals surface area contributed by atoms with E-state index in [0.717, 1.165) is 55.5 Å². The second kappa shape index (κ2) is 6.56. The van der Waals surface area contributed by atoms with Gasteiger partial charge in [-0.3, -0.25) is 4.90 Å². The van der Waals surface area contributed by atoms with Crippen LogP contribution in [0.4, 0.5) is 0 Å². The van der Waals surface area contributed by atoms with Gasteiger partial charge in [0.1, 0.15) is 18.2 Å². The first-order chi connectivity index (χ1) is 9.81. The zero-order valence-corrected chi connectivity index (χ0v) is 12.9. The summed E-state index contributed by atoms with van der Waals surface area (Å²) < 4.78 is 12.2. The molecule has 0 atom stereocenters. The number of fused-ring (bicyclic) bond motifs is 1. The SMILES string of the molecule is BrC1=CN2CC(OCCN3CCOCC3)=CN=C2C=C1. The van der Waals surface area contributed by atoms with Gasteiger partial charge in [-0.25, -0.2) is 4.99 Å². The highest BCUT2D eigenvalue weighted by Crippen LogP contribution is 2.19. The van der Waals surface area contributed by atoms with Gasteiger partial charge in [-0.15, -0.1) is 0 Å². The molecule has 0 aromatic heterocycles. The monoisotopic (exact) mass is 339 g/mol. The molecule has 0 aliphatic carbocycles. The molecule has 3 heterocycles. The predicted molar refractivity (Wildman–Crippen MR) is 81.6 cm³/mol. The van der Waals surface area contributed by atoms with Crippen molar-refractivity contribution in [2.75, 3.05) is 46.0 Å². The highest BCUT2D eigenvalue weighted by molar-refractivity contribution is 9.11. The Morgan fingerprint density at radius 1 is 1.30 bits per heavy atom. The summed E-state index contributed by atoms with van der Waals surface area (Å²) in [6.07, 6.45) is 7.83. The Balaban J connectivity index is 1.48. The number of ether oxygens (including phenoxy) is 2. The van der Waals surface area contributed by atoms with Gasteiger partial charge in [0, 0.05) is 30.3 Å². The largest absolute Gasteiger partial charge is 0.493 e. The number of nitrogens with zero attached hydrogens (tertiary/aromatic N) is 3. The van der Waals surface area contributed by atoms with Crippen molar-refractivity contribution in [1.82, 2.24) is 9.80 Å². The Bertz CT molecular complexity index is 479. The molecule has 1 saturated heterocycles. The number of morpholine rings is 1. The zero-order chi connectivity index (χ0) is 13.8. The molecular formula is C14H18BrN3O2. The summed E-state index contributed by atoms with van der Waals surface area (Å²) in [6.45, 7) is 6.03. The molecule has 0 spiro atoms. The van der Waals surface area contributed by atoms with Crippen LogP contribution in [0.1, 0.15) is 0 Å². The number of rotatable bonds is 4. The van der Waals surface area contributed by atoms with Gasteiger partial charge in [0.2, 0.25) is 0 Å². The second-order valence-electron chi connectivity index (χ2n) is 4.86. The van der Waals surface area contributed by atoms with Crippen molar-refractivity contribution in [3.8, 4) is 0 Å². The molecule has 3 aliphatic rings. The number of halogens is 1. The van der Waals surface area contributed by atoms with Crippen LogP contribution in [0.2, 0.25) is 0 Å². The molecule has 20 heavy (non-hydrogen) atoms. The van der Waals surface area contributed by atoms with Crippen LogP contribution in [0.15, 0.2) is 39.8 Å². The highest BCUT2D eigenvalue weighted by atomic mass is 79.9. The molecule has 0 amide bonds. The van der Waals surface area contributed by atoms with Crippen molar-refractivity contribution in [1.29, 1.82) is 0 Å². The molecule has 0 aromatic rings. The molecule has 0 radical (unpaired) electrons. The van der Waals surface area contributed by atoms with Gasteiger partial charge in [-0.2, -0.15) is 0 Å². The van der Waals surface area contributed by atoms with Crippen molar-refractivity contribution in [3.05, 3.63) is 34.8 Å². The number of hydrogen-bond donors (Lipinski definition) is 0. The van der Waals surface area contributed by atoms with Crippen LogP contribution in [0.5, 0.6) is 0 Å². The molecule has 5 nitrogen and oxygen atoms in total. The molecule has 1 fully saturated rings. The van der Waals surface area contributed by atoms with Crippen LogP contribution in [-0.4, -0.2) is 61.6 Å². The minimum atomic E-state index is 0.700. The first-order valence-electron chi connectivity index (χ1n) is 6.83. The molecule has 0 unspecified atom stereocenters. The lowest BCUT2D eigenvalue weighted by Crippen LogP contribution is -2.38. The van der Waals surface area contributed by atoms with E-state index in [-0.39, 0.29) is 0 Å². The fourth-order valence-electron chi connectivity index (χ4n) is 2.31. The summed E-state index contributed by atoms with van der Waals surface area (Å²) in [5.41, 5.74) is 0. The maximum absolute atomic E-state index is 5.83. The Morgan fingerprint density at radius 2 is 2.15 bits per heavy atom. The third kappa shape index (κ3) is 3.50. The topological polar surface area (TPSA) is 37.3 Å². The van der Waals surface area contributed by atoms with E-state index in [9.17, 15) is 0 Å². The fraction of sp³-hybridized carbons (Fsp3) is 0.500. The summed E-state index contributed by atoms with van der Waals surface area (Å²) in [4.78, 5) is 8.84. The van der Waals surface area contributed by atoms with Gasteiger partial charge in [0.25, 0.3) is 0 Å². The van der Waals surface area contributed by atoms with Gasteiger partial charge < -0.3 is 14.4 Å². The maximum Gasteiger partial charge on any atom is 0.134 e. The first-order valence-corrected chi connectivity index (χ1v) is 7.62. The van der Waals surface area contributed by atoms with Crippen LogP contribution in [0.3, 0.4) is 0 Å². The molecular weight excluding hydrogens is 322 g/mol. The van der Waals surface area contributed by atoms with Gasteiger partial charge in [-0.05, 0) is 28.1 Å². The lowest BCUT2D eigenvalue weighted by Gasteiger charge is -2.29. The number of aliphatic imine (C=N–C) groups is 1.